The van der Waals surface area contributed by atoms with E-state index in [4.69, 9.17) is 14.2 Å². The molecular weight excluding hydrogens is 478 g/mol. The Kier molecular flexibility index (Phi) is 6.25. The highest BCUT2D eigenvalue weighted by atomic mass is 19.1. The summed E-state index contributed by atoms with van der Waals surface area (Å²) < 4.78 is 46.2. The summed E-state index contributed by atoms with van der Waals surface area (Å²) in [4.78, 5) is 17.5. The fourth-order valence-corrected chi connectivity index (χ4v) is 4.57. The molecule has 1 aliphatic heterocycles. The minimum absolute atomic E-state index is 0.000438. The first-order valence-electron chi connectivity index (χ1n) is 11.6. The maximum absolute atomic E-state index is 15.7. The highest BCUT2D eigenvalue weighted by molar-refractivity contribution is 6.13. The Bertz CT molecular complexity index is 1540. The number of aliphatic imine (C=N–C) groups is 1. The third-order valence-corrected chi connectivity index (χ3v) is 6.46. The second-order valence-corrected chi connectivity index (χ2v) is 8.86. The predicted octanol–water partition coefficient (Wildman–Crippen LogP) is 6.31. The zero-order valence-corrected chi connectivity index (χ0v) is 20.5. The number of hydrogen-bond donors (Lipinski definition) is 1. The minimum atomic E-state index is -0.660. The van der Waals surface area contributed by atoms with Gasteiger partial charge in [0.2, 0.25) is 0 Å². The van der Waals surface area contributed by atoms with Gasteiger partial charge in [-0.3, -0.25) is 9.79 Å². The summed E-state index contributed by atoms with van der Waals surface area (Å²) >= 11 is 0. The molecule has 0 saturated heterocycles. The van der Waals surface area contributed by atoms with E-state index in [1.165, 1.54) is 24.3 Å². The summed E-state index contributed by atoms with van der Waals surface area (Å²) in [6.45, 7) is 1.94. The van der Waals surface area contributed by atoms with Gasteiger partial charge in [-0.15, -0.1) is 0 Å². The van der Waals surface area contributed by atoms with Crippen molar-refractivity contribution < 1.29 is 27.8 Å². The van der Waals surface area contributed by atoms with Crippen molar-refractivity contribution in [2.45, 2.75) is 18.9 Å². The van der Waals surface area contributed by atoms with Gasteiger partial charge in [-0.2, -0.15) is 0 Å². The van der Waals surface area contributed by atoms with Gasteiger partial charge in [-0.1, -0.05) is 18.2 Å². The molecule has 1 N–H and O–H groups in total. The van der Waals surface area contributed by atoms with Gasteiger partial charge >= 0.3 is 0 Å². The number of allylic oxidation sites excluding steroid dienone is 2. The van der Waals surface area contributed by atoms with Gasteiger partial charge in [0, 0.05) is 34.8 Å². The summed E-state index contributed by atoms with van der Waals surface area (Å²) in [5, 5.41) is 3.27. The Morgan fingerprint density at radius 1 is 1.03 bits per heavy atom. The summed E-state index contributed by atoms with van der Waals surface area (Å²) in [5.74, 6) is 0.0795. The molecule has 1 aliphatic carbocycles. The smallest absolute Gasteiger partial charge is 0.256 e. The Balaban J connectivity index is 1.48. The largest absolute Gasteiger partial charge is 0.497 e. The molecule has 8 heteroatoms. The predicted molar refractivity (Wildman–Crippen MR) is 138 cm³/mol. The first-order valence-corrected chi connectivity index (χ1v) is 11.6. The number of carbonyl (C=O) groups is 1. The van der Waals surface area contributed by atoms with Gasteiger partial charge < -0.3 is 19.5 Å². The van der Waals surface area contributed by atoms with Crippen molar-refractivity contribution in [3.63, 3.8) is 0 Å². The lowest BCUT2D eigenvalue weighted by Crippen LogP contribution is -2.34. The van der Waals surface area contributed by atoms with Gasteiger partial charge in [-0.05, 0) is 60.9 Å². The fourth-order valence-electron chi connectivity index (χ4n) is 4.57. The standard InChI is InChI=1S/C29H24F2N2O4/c1-29-16-26(36-3)25(35-2)15-22(29)23(12-13-32-29)37-24-11-10-19-20(27(24)31)8-5-9-21(19)28(34)33-18-7-4-6-17(30)14-18/h4-15H,16H2,1-3H3,(H,33,34). The summed E-state index contributed by atoms with van der Waals surface area (Å²) in [6.07, 6.45) is 5.55. The zero-order chi connectivity index (χ0) is 26.2. The van der Waals surface area contributed by atoms with Crippen molar-refractivity contribution in [2.75, 3.05) is 19.5 Å². The van der Waals surface area contributed by atoms with Crippen LogP contribution >= 0.6 is 0 Å². The molecule has 188 valence electrons. The van der Waals surface area contributed by atoms with E-state index >= 15 is 4.39 Å². The molecule has 1 atom stereocenters. The van der Waals surface area contributed by atoms with Crippen LogP contribution in [-0.2, 0) is 9.47 Å². The van der Waals surface area contributed by atoms with E-state index in [1.54, 1.807) is 62.9 Å². The lowest BCUT2D eigenvalue weighted by Gasteiger charge is -2.35. The van der Waals surface area contributed by atoms with Crippen molar-refractivity contribution >= 4 is 28.6 Å². The number of benzene rings is 3. The number of nitrogens with one attached hydrogen (secondary N) is 1. The van der Waals surface area contributed by atoms with E-state index in [2.05, 4.69) is 10.3 Å². The third kappa shape index (κ3) is 4.46. The Hall–Kier alpha value is -4.46. The van der Waals surface area contributed by atoms with Crippen LogP contribution in [-0.4, -0.2) is 31.9 Å². The van der Waals surface area contributed by atoms with E-state index < -0.39 is 23.1 Å². The molecule has 1 unspecified atom stereocenters. The molecule has 0 aromatic heterocycles. The molecule has 0 saturated carbocycles. The second kappa shape index (κ2) is 9.54. The fraction of sp³-hybridized carbons (Fsp3) is 0.172. The van der Waals surface area contributed by atoms with E-state index in [1.807, 2.05) is 6.92 Å². The van der Waals surface area contributed by atoms with Crippen LogP contribution in [0, 0.1) is 11.6 Å². The number of rotatable bonds is 6. The van der Waals surface area contributed by atoms with Crippen LogP contribution in [0.5, 0.6) is 5.75 Å². The minimum Gasteiger partial charge on any atom is -0.497 e. The molecule has 1 amide bonds. The quantitative estimate of drug-likeness (QED) is 0.429. The lowest BCUT2D eigenvalue weighted by atomic mass is 9.81. The van der Waals surface area contributed by atoms with Crippen LogP contribution in [0.2, 0.25) is 0 Å². The van der Waals surface area contributed by atoms with Crippen LogP contribution in [0.15, 0.2) is 94.6 Å². The number of carbonyl (C=O) groups excluding carboxylic acids is 1. The highest BCUT2D eigenvalue weighted by Gasteiger charge is 2.39. The third-order valence-electron chi connectivity index (χ3n) is 6.46. The van der Waals surface area contributed by atoms with E-state index in [0.29, 0.717) is 34.8 Å². The molecular formula is C29H24F2N2O4. The van der Waals surface area contributed by atoms with Crippen molar-refractivity contribution in [1.82, 2.24) is 0 Å². The molecule has 37 heavy (non-hydrogen) atoms. The lowest BCUT2D eigenvalue weighted by molar-refractivity contribution is 0.102. The molecule has 2 aliphatic rings. The first-order chi connectivity index (χ1) is 17.8. The van der Waals surface area contributed by atoms with Gasteiger partial charge in [0.05, 0.1) is 19.8 Å². The highest BCUT2D eigenvalue weighted by Crippen LogP contribution is 2.42. The van der Waals surface area contributed by atoms with E-state index in [0.717, 1.165) is 5.57 Å². The number of amides is 1. The van der Waals surface area contributed by atoms with Crippen LogP contribution < -0.4 is 10.1 Å². The van der Waals surface area contributed by atoms with Crippen molar-refractivity contribution in [3.8, 4) is 5.75 Å². The van der Waals surface area contributed by atoms with Crippen LogP contribution in [0.25, 0.3) is 10.8 Å². The second-order valence-electron chi connectivity index (χ2n) is 8.86. The van der Waals surface area contributed by atoms with Crippen LogP contribution in [0.3, 0.4) is 0 Å². The molecule has 0 fully saturated rings. The van der Waals surface area contributed by atoms with Gasteiger partial charge in [0.15, 0.2) is 17.3 Å². The molecule has 3 aromatic carbocycles. The van der Waals surface area contributed by atoms with Crippen molar-refractivity contribution in [3.05, 3.63) is 107 Å². The normalized spacial score (nSPS) is 18.6. The number of dihydropyridines is 1. The number of methoxy groups -OCH3 is 2. The molecule has 5 rings (SSSR count). The van der Waals surface area contributed by atoms with Gasteiger partial charge in [-0.25, -0.2) is 8.78 Å². The van der Waals surface area contributed by atoms with E-state index in [9.17, 15) is 9.18 Å². The number of halogens is 2. The van der Waals surface area contributed by atoms with Crippen LogP contribution in [0.4, 0.5) is 14.5 Å². The van der Waals surface area contributed by atoms with Crippen molar-refractivity contribution in [2.24, 2.45) is 4.99 Å². The Morgan fingerprint density at radius 3 is 2.59 bits per heavy atom. The maximum Gasteiger partial charge on any atom is 0.256 e. The number of fused-ring (bicyclic) bond motifs is 2. The summed E-state index contributed by atoms with van der Waals surface area (Å²) in [5.41, 5.74) is 0.627. The Labute approximate surface area is 212 Å². The van der Waals surface area contributed by atoms with Gasteiger partial charge in [0.25, 0.3) is 5.91 Å². The number of anilines is 1. The molecule has 1 heterocycles. The maximum atomic E-state index is 15.7. The first kappa shape index (κ1) is 24.2. The topological polar surface area (TPSA) is 69.1 Å². The average Bonchev–Trinajstić information content (AvgIpc) is 2.89. The number of nitrogens with zero attached hydrogens (tertiary/aromatic N) is 1. The molecule has 0 radical (unpaired) electrons. The summed E-state index contributed by atoms with van der Waals surface area (Å²) in [6, 6.07) is 13.4. The van der Waals surface area contributed by atoms with Crippen molar-refractivity contribution in [1.29, 1.82) is 0 Å². The Morgan fingerprint density at radius 2 is 1.84 bits per heavy atom. The van der Waals surface area contributed by atoms with E-state index in [-0.39, 0.29) is 16.7 Å². The molecule has 6 nitrogen and oxygen atoms in total. The summed E-state index contributed by atoms with van der Waals surface area (Å²) in [7, 11) is 3.13. The molecule has 0 spiro atoms. The SMILES string of the molecule is COC1=C(OC)CC2(C)N=CC=C(Oc3ccc4c(C(=O)Nc5cccc(F)c5)cccc4c3F)C2=C1. The average molecular weight is 503 g/mol. The number of ether oxygens (including phenoxy) is 3. The van der Waals surface area contributed by atoms with Crippen LogP contribution in [0.1, 0.15) is 23.7 Å². The van der Waals surface area contributed by atoms with Gasteiger partial charge in [0.1, 0.15) is 17.3 Å². The molecule has 0 bridgehead atoms. The zero-order valence-electron chi connectivity index (χ0n) is 20.5. The number of hydrogen-bond acceptors (Lipinski definition) is 5. The molecule has 3 aromatic rings. The monoisotopic (exact) mass is 502 g/mol.